The molecule has 0 fully saturated rings. The maximum atomic E-state index is 13.5. The fourth-order valence-corrected chi connectivity index (χ4v) is 2.15. The number of halogens is 3. The van der Waals surface area contributed by atoms with Crippen molar-refractivity contribution in [3.05, 3.63) is 51.1 Å². The summed E-state index contributed by atoms with van der Waals surface area (Å²) in [5, 5.41) is 3.06. The van der Waals surface area contributed by atoms with Gasteiger partial charge >= 0.3 is 0 Å². The van der Waals surface area contributed by atoms with Gasteiger partial charge in [0.2, 0.25) is 0 Å². The van der Waals surface area contributed by atoms with E-state index in [0.717, 1.165) is 10.2 Å². The van der Waals surface area contributed by atoms with Gasteiger partial charge < -0.3 is 9.73 Å². The minimum absolute atomic E-state index is 0.106. The number of furan rings is 1. The molecule has 2 rings (SSSR count). The normalized spacial score (nSPS) is 12.5. The molecule has 90 valence electrons. The Balaban J connectivity index is 2.18. The Morgan fingerprint density at radius 1 is 1.24 bits per heavy atom. The molecule has 0 bridgehead atoms. The lowest BCUT2D eigenvalue weighted by atomic mass is 10.2. The van der Waals surface area contributed by atoms with Gasteiger partial charge in [0.1, 0.15) is 11.6 Å². The molecule has 1 N–H and O–H groups in total. The fraction of sp³-hybridized carbons (Fsp3) is 0.167. The molecule has 1 aromatic carbocycles. The lowest BCUT2D eigenvalue weighted by Gasteiger charge is -2.13. The van der Waals surface area contributed by atoms with Gasteiger partial charge in [-0.2, -0.15) is 0 Å². The molecule has 5 heteroatoms. The third-order valence-electron chi connectivity index (χ3n) is 2.32. The summed E-state index contributed by atoms with van der Waals surface area (Å²) < 4.78 is 20.4. The van der Waals surface area contributed by atoms with Gasteiger partial charge in [-0.15, -0.1) is 0 Å². The summed E-state index contributed by atoms with van der Waals surface area (Å²) in [6.45, 7) is 1.91. The van der Waals surface area contributed by atoms with Crippen molar-refractivity contribution >= 4 is 37.5 Å². The van der Waals surface area contributed by atoms with Crippen molar-refractivity contribution in [2.75, 3.05) is 5.32 Å². The summed E-state index contributed by atoms with van der Waals surface area (Å²) in [6, 6.07) is 8.32. The Hall–Kier alpha value is -0.810. The third-order valence-corrected chi connectivity index (χ3v) is 3.24. The molecular weight excluding hydrogens is 353 g/mol. The zero-order chi connectivity index (χ0) is 12.4. The van der Waals surface area contributed by atoms with Crippen molar-refractivity contribution in [1.82, 2.24) is 0 Å². The van der Waals surface area contributed by atoms with Crippen LogP contribution in [-0.4, -0.2) is 0 Å². The minimum Gasteiger partial charge on any atom is -0.452 e. The predicted molar refractivity (Wildman–Crippen MR) is 72.5 cm³/mol. The van der Waals surface area contributed by atoms with E-state index in [9.17, 15) is 4.39 Å². The van der Waals surface area contributed by atoms with Crippen molar-refractivity contribution in [1.29, 1.82) is 0 Å². The Morgan fingerprint density at radius 3 is 2.65 bits per heavy atom. The van der Waals surface area contributed by atoms with Crippen LogP contribution < -0.4 is 5.32 Å². The number of hydrogen-bond acceptors (Lipinski definition) is 2. The highest BCUT2D eigenvalue weighted by Gasteiger charge is 2.12. The summed E-state index contributed by atoms with van der Waals surface area (Å²) >= 11 is 6.54. The molecule has 2 nitrogen and oxygen atoms in total. The van der Waals surface area contributed by atoms with Crippen molar-refractivity contribution < 1.29 is 8.81 Å². The molecule has 1 aromatic heterocycles. The summed E-state index contributed by atoms with van der Waals surface area (Å²) in [4.78, 5) is 0. The second kappa shape index (κ2) is 5.23. The topological polar surface area (TPSA) is 25.2 Å². The van der Waals surface area contributed by atoms with Crippen LogP contribution in [0.15, 0.2) is 43.9 Å². The van der Waals surface area contributed by atoms with Crippen LogP contribution in [0.2, 0.25) is 0 Å². The molecule has 1 atom stereocenters. The summed E-state index contributed by atoms with van der Waals surface area (Å²) in [6.07, 6.45) is 0. The Kier molecular flexibility index (Phi) is 3.89. The molecule has 2 aromatic rings. The molecule has 0 spiro atoms. The van der Waals surface area contributed by atoms with E-state index in [2.05, 4.69) is 37.2 Å². The smallest absolute Gasteiger partial charge is 0.169 e. The number of nitrogens with one attached hydrogen (secondary N) is 1. The number of rotatable bonds is 3. The highest BCUT2D eigenvalue weighted by atomic mass is 79.9. The first-order valence-electron chi connectivity index (χ1n) is 5.03. The van der Waals surface area contributed by atoms with Gasteiger partial charge in [0.25, 0.3) is 0 Å². The van der Waals surface area contributed by atoms with E-state index in [1.54, 1.807) is 12.1 Å². The lowest BCUT2D eigenvalue weighted by Crippen LogP contribution is -2.06. The zero-order valence-corrected chi connectivity index (χ0v) is 12.2. The van der Waals surface area contributed by atoms with Crippen molar-refractivity contribution in [3.63, 3.8) is 0 Å². The van der Waals surface area contributed by atoms with Crippen LogP contribution in [0.5, 0.6) is 0 Å². The fourth-order valence-electron chi connectivity index (χ4n) is 1.47. The quantitative estimate of drug-likeness (QED) is 0.819. The average molecular weight is 363 g/mol. The van der Waals surface area contributed by atoms with E-state index in [4.69, 9.17) is 4.42 Å². The van der Waals surface area contributed by atoms with Crippen LogP contribution in [-0.2, 0) is 0 Å². The molecule has 0 aliphatic rings. The number of anilines is 1. The molecule has 17 heavy (non-hydrogen) atoms. The Morgan fingerprint density at radius 2 is 2.00 bits per heavy atom. The van der Waals surface area contributed by atoms with Gasteiger partial charge in [-0.25, -0.2) is 4.39 Å². The number of benzene rings is 1. The maximum Gasteiger partial charge on any atom is 0.169 e. The highest BCUT2D eigenvalue weighted by Crippen LogP contribution is 2.26. The first-order valence-corrected chi connectivity index (χ1v) is 6.61. The second-order valence-corrected chi connectivity index (χ2v) is 5.33. The molecule has 0 aliphatic carbocycles. The Labute approximate surface area is 115 Å². The van der Waals surface area contributed by atoms with Crippen molar-refractivity contribution in [2.45, 2.75) is 13.0 Å². The van der Waals surface area contributed by atoms with Gasteiger partial charge in [-0.1, -0.05) is 15.9 Å². The van der Waals surface area contributed by atoms with Crippen LogP contribution in [0.1, 0.15) is 18.7 Å². The van der Waals surface area contributed by atoms with E-state index < -0.39 is 0 Å². The van der Waals surface area contributed by atoms with Crippen LogP contribution >= 0.6 is 31.9 Å². The zero-order valence-electron chi connectivity index (χ0n) is 9.01. The first-order chi connectivity index (χ1) is 8.06. The van der Waals surface area contributed by atoms with Crippen LogP contribution in [0.3, 0.4) is 0 Å². The maximum absolute atomic E-state index is 13.5. The molecule has 1 heterocycles. The van der Waals surface area contributed by atoms with E-state index >= 15 is 0 Å². The molecule has 0 amide bonds. The average Bonchev–Trinajstić information content (AvgIpc) is 2.70. The molecule has 1 unspecified atom stereocenters. The van der Waals surface area contributed by atoms with E-state index in [1.807, 2.05) is 19.1 Å². The summed E-state index contributed by atoms with van der Waals surface area (Å²) in [7, 11) is 0. The van der Waals surface area contributed by atoms with Gasteiger partial charge in [0.15, 0.2) is 4.67 Å². The Bertz CT molecular complexity index is 527. The van der Waals surface area contributed by atoms with Gasteiger partial charge in [-0.05, 0) is 53.2 Å². The van der Waals surface area contributed by atoms with Crippen LogP contribution in [0.4, 0.5) is 10.1 Å². The molecular formula is C12H10Br2FNO. The lowest BCUT2D eigenvalue weighted by molar-refractivity contribution is 0.470. The highest BCUT2D eigenvalue weighted by molar-refractivity contribution is 9.10. The van der Waals surface area contributed by atoms with Gasteiger partial charge in [0, 0.05) is 4.47 Å². The molecule has 0 radical (unpaired) electrons. The van der Waals surface area contributed by atoms with Crippen LogP contribution in [0.25, 0.3) is 0 Å². The summed E-state index contributed by atoms with van der Waals surface area (Å²) in [5.41, 5.74) is 0.444. The standard InChI is InChI=1S/C12H10Br2FNO/c1-7(11-4-5-12(14)17-11)16-10-6-8(13)2-3-9(10)15/h2-7,16H,1H3. The van der Waals surface area contributed by atoms with Gasteiger partial charge in [-0.3, -0.25) is 0 Å². The predicted octanol–water partition coefficient (Wildman–Crippen LogP) is 5.12. The molecule has 0 saturated heterocycles. The first kappa shape index (κ1) is 12.6. The third kappa shape index (κ3) is 3.10. The van der Waals surface area contributed by atoms with E-state index in [1.165, 1.54) is 6.07 Å². The largest absolute Gasteiger partial charge is 0.452 e. The van der Waals surface area contributed by atoms with E-state index in [0.29, 0.717) is 10.4 Å². The summed E-state index contributed by atoms with van der Waals surface area (Å²) in [5.74, 6) is 0.460. The minimum atomic E-state index is -0.286. The monoisotopic (exact) mass is 361 g/mol. The van der Waals surface area contributed by atoms with Crippen molar-refractivity contribution in [2.24, 2.45) is 0 Å². The van der Waals surface area contributed by atoms with Gasteiger partial charge in [0.05, 0.1) is 11.7 Å². The molecule has 0 aliphatic heterocycles. The second-order valence-electron chi connectivity index (χ2n) is 3.63. The van der Waals surface area contributed by atoms with E-state index in [-0.39, 0.29) is 11.9 Å². The SMILES string of the molecule is CC(Nc1cc(Br)ccc1F)c1ccc(Br)o1. The molecule has 0 saturated carbocycles. The van der Waals surface area contributed by atoms with Crippen LogP contribution in [0, 0.1) is 5.82 Å². The number of hydrogen-bond donors (Lipinski definition) is 1. The van der Waals surface area contributed by atoms with Crippen molar-refractivity contribution in [3.8, 4) is 0 Å².